The maximum absolute atomic E-state index is 12.8. The average molecular weight is 398 g/mol. The third kappa shape index (κ3) is 4.01. The van der Waals surface area contributed by atoms with E-state index in [2.05, 4.69) is 0 Å². The van der Waals surface area contributed by atoms with Gasteiger partial charge in [-0.2, -0.15) is 9.57 Å². The first-order valence-electron chi connectivity index (χ1n) is 8.90. The number of amides is 1. The predicted octanol–water partition coefficient (Wildman–Crippen LogP) is 1.77. The van der Waals surface area contributed by atoms with Crippen LogP contribution in [0.15, 0.2) is 53.4 Å². The van der Waals surface area contributed by atoms with Gasteiger partial charge in [-0.15, -0.1) is 0 Å². The smallest absolute Gasteiger partial charge is 0.254 e. The summed E-state index contributed by atoms with van der Waals surface area (Å²) in [6.45, 7) is 1.14. The monoisotopic (exact) mass is 398 g/mol. The summed E-state index contributed by atoms with van der Waals surface area (Å²) in [4.78, 5) is 16.5. The lowest BCUT2D eigenvalue weighted by molar-refractivity contribution is 0.0698. The molecular weight excluding hydrogens is 376 g/mol. The molecule has 0 unspecified atom stereocenters. The van der Waals surface area contributed by atoms with Gasteiger partial charge in [-0.3, -0.25) is 4.79 Å². The van der Waals surface area contributed by atoms with Gasteiger partial charge < -0.3 is 9.80 Å². The number of sulfonamides is 1. The van der Waals surface area contributed by atoms with E-state index in [1.807, 2.05) is 43.3 Å². The second kappa shape index (κ2) is 8.00. The van der Waals surface area contributed by atoms with Crippen LogP contribution in [0.5, 0.6) is 0 Å². The molecule has 0 radical (unpaired) electrons. The van der Waals surface area contributed by atoms with Crippen LogP contribution in [0.1, 0.15) is 15.9 Å². The van der Waals surface area contributed by atoms with E-state index < -0.39 is 10.0 Å². The number of anilines is 1. The normalized spacial score (nSPS) is 15.1. The third-order valence-electron chi connectivity index (χ3n) is 4.76. The average Bonchev–Trinajstić information content (AvgIpc) is 2.73. The van der Waals surface area contributed by atoms with E-state index in [1.54, 1.807) is 11.0 Å². The van der Waals surface area contributed by atoms with Crippen molar-refractivity contribution in [1.29, 1.82) is 5.26 Å². The summed E-state index contributed by atoms with van der Waals surface area (Å²) in [5, 5.41) is 8.85. The number of piperazine rings is 1. The van der Waals surface area contributed by atoms with Crippen LogP contribution in [0.3, 0.4) is 0 Å². The number of rotatable bonds is 4. The van der Waals surface area contributed by atoms with Gasteiger partial charge in [-0.05, 0) is 42.5 Å². The molecule has 28 heavy (non-hydrogen) atoms. The standard InChI is InChI=1S/C20H22N4O3S/c1-22(2)18-5-3-4-17(14-18)20(25)23-10-12-24(13-11-23)28(26,27)19-8-6-16(15-21)7-9-19/h3-9,14H,10-13H2,1-2H3. The maximum atomic E-state index is 12.8. The molecule has 1 amide bonds. The molecule has 7 nitrogen and oxygen atoms in total. The highest BCUT2D eigenvalue weighted by Crippen LogP contribution is 2.20. The summed E-state index contributed by atoms with van der Waals surface area (Å²) in [6, 6.07) is 15.2. The van der Waals surface area contributed by atoms with Crippen molar-refractivity contribution in [3.05, 3.63) is 59.7 Å². The molecule has 1 saturated heterocycles. The van der Waals surface area contributed by atoms with E-state index in [-0.39, 0.29) is 23.9 Å². The van der Waals surface area contributed by atoms with Gasteiger partial charge in [-0.25, -0.2) is 8.42 Å². The minimum atomic E-state index is -3.64. The zero-order valence-corrected chi connectivity index (χ0v) is 16.7. The van der Waals surface area contributed by atoms with Gasteiger partial charge in [-0.1, -0.05) is 6.07 Å². The second-order valence-corrected chi connectivity index (χ2v) is 8.72. The topological polar surface area (TPSA) is 84.7 Å². The van der Waals surface area contributed by atoms with Crippen LogP contribution in [0, 0.1) is 11.3 Å². The Morgan fingerprint density at radius 2 is 1.68 bits per heavy atom. The number of benzene rings is 2. The highest BCUT2D eigenvalue weighted by atomic mass is 32.2. The number of hydrogen-bond acceptors (Lipinski definition) is 5. The Hall–Kier alpha value is -2.89. The van der Waals surface area contributed by atoms with Gasteiger partial charge in [0, 0.05) is 51.5 Å². The number of nitrogens with zero attached hydrogens (tertiary/aromatic N) is 4. The van der Waals surface area contributed by atoms with E-state index in [0.717, 1.165) is 5.69 Å². The maximum Gasteiger partial charge on any atom is 0.254 e. The van der Waals surface area contributed by atoms with Crippen LogP contribution in [0.25, 0.3) is 0 Å². The molecule has 2 aromatic rings. The van der Waals surface area contributed by atoms with E-state index >= 15 is 0 Å². The minimum Gasteiger partial charge on any atom is -0.378 e. The Balaban J connectivity index is 1.69. The molecule has 1 aliphatic heterocycles. The molecule has 146 valence electrons. The van der Waals surface area contributed by atoms with Crippen molar-refractivity contribution in [3.63, 3.8) is 0 Å². The van der Waals surface area contributed by atoms with Crippen molar-refractivity contribution in [1.82, 2.24) is 9.21 Å². The van der Waals surface area contributed by atoms with E-state index in [9.17, 15) is 13.2 Å². The first kappa shape index (κ1) is 19.9. The lowest BCUT2D eigenvalue weighted by Gasteiger charge is -2.34. The minimum absolute atomic E-state index is 0.0980. The zero-order chi connectivity index (χ0) is 20.3. The molecular formula is C20H22N4O3S. The number of nitriles is 1. The number of carbonyl (C=O) groups excluding carboxylic acids is 1. The first-order chi connectivity index (χ1) is 13.3. The van der Waals surface area contributed by atoms with Crippen molar-refractivity contribution in [2.45, 2.75) is 4.90 Å². The summed E-state index contributed by atoms with van der Waals surface area (Å²) >= 11 is 0. The largest absolute Gasteiger partial charge is 0.378 e. The first-order valence-corrected chi connectivity index (χ1v) is 10.3. The van der Waals surface area contributed by atoms with Crippen molar-refractivity contribution in [2.75, 3.05) is 45.2 Å². The fraction of sp³-hybridized carbons (Fsp3) is 0.300. The predicted molar refractivity (Wildman–Crippen MR) is 107 cm³/mol. The molecule has 0 bridgehead atoms. The molecule has 1 aliphatic rings. The fourth-order valence-corrected chi connectivity index (χ4v) is 4.50. The summed E-state index contributed by atoms with van der Waals surface area (Å²) in [7, 11) is 0.187. The Bertz CT molecular complexity index is 1000. The third-order valence-corrected chi connectivity index (χ3v) is 6.67. The molecule has 0 atom stereocenters. The Labute approximate surface area is 165 Å². The summed E-state index contributed by atoms with van der Waals surface area (Å²) in [6.07, 6.45) is 0. The molecule has 0 saturated carbocycles. The van der Waals surface area contributed by atoms with Crippen LogP contribution in [0.4, 0.5) is 5.69 Å². The van der Waals surface area contributed by atoms with Crippen molar-refractivity contribution < 1.29 is 13.2 Å². The van der Waals surface area contributed by atoms with Crippen molar-refractivity contribution in [2.24, 2.45) is 0 Å². The van der Waals surface area contributed by atoms with Crippen LogP contribution in [-0.4, -0.2) is 63.8 Å². The van der Waals surface area contributed by atoms with Crippen LogP contribution >= 0.6 is 0 Å². The van der Waals surface area contributed by atoms with Gasteiger partial charge in [0.25, 0.3) is 5.91 Å². The molecule has 0 aliphatic carbocycles. The van der Waals surface area contributed by atoms with Gasteiger partial charge in [0.05, 0.1) is 16.5 Å². The van der Waals surface area contributed by atoms with Gasteiger partial charge in [0.1, 0.15) is 0 Å². The molecule has 3 rings (SSSR count). The van der Waals surface area contributed by atoms with Crippen LogP contribution in [0.2, 0.25) is 0 Å². The molecule has 2 aromatic carbocycles. The van der Waals surface area contributed by atoms with E-state index in [1.165, 1.54) is 28.6 Å². The Morgan fingerprint density at radius 1 is 1.04 bits per heavy atom. The number of hydrogen-bond donors (Lipinski definition) is 0. The molecule has 1 heterocycles. The Kier molecular flexibility index (Phi) is 5.68. The molecule has 0 N–H and O–H groups in total. The quantitative estimate of drug-likeness (QED) is 0.784. The molecule has 8 heteroatoms. The lowest BCUT2D eigenvalue weighted by Crippen LogP contribution is -2.50. The van der Waals surface area contributed by atoms with Crippen molar-refractivity contribution >= 4 is 21.6 Å². The number of carbonyl (C=O) groups is 1. The summed E-state index contributed by atoms with van der Waals surface area (Å²) < 4.78 is 27.0. The van der Waals surface area contributed by atoms with Crippen molar-refractivity contribution in [3.8, 4) is 6.07 Å². The molecule has 1 fully saturated rings. The highest BCUT2D eigenvalue weighted by Gasteiger charge is 2.30. The molecule has 0 spiro atoms. The second-order valence-electron chi connectivity index (χ2n) is 6.78. The zero-order valence-electron chi connectivity index (χ0n) is 15.9. The SMILES string of the molecule is CN(C)c1cccc(C(=O)N2CCN(S(=O)(=O)c3ccc(C#N)cc3)CC2)c1. The Morgan fingerprint density at radius 3 is 2.25 bits per heavy atom. The van der Waals surface area contributed by atoms with Gasteiger partial charge in [0.15, 0.2) is 0 Å². The van der Waals surface area contributed by atoms with Gasteiger partial charge >= 0.3 is 0 Å². The van der Waals surface area contributed by atoms with Gasteiger partial charge in [0.2, 0.25) is 10.0 Å². The fourth-order valence-electron chi connectivity index (χ4n) is 3.08. The summed E-state index contributed by atoms with van der Waals surface area (Å²) in [5.41, 5.74) is 1.94. The van der Waals surface area contributed by atoms with E-state index in [4.69, 9.17) is 5.26 Å². The highest BCUT2D eigenvalue weighted by molar-refractivity contribution is 7.89. The molecule has 0 aromatic heterocycles. The van der Waals surface area contributed by atoms with Crippen LogP contribution in [-0.2, 0) is 10.0 Å². The summed E-state index contributed by atoms with van der Waals surface area (Å²) in [5.74, 6) is -0.0980. The lowest BCUT2D eigenvalue weighted by atomic mass is 10.1. The van der Waals surface area contributed by atoms with Crippen LogP contribution < -0.4 is 4.90 Å². The van der Waals surface area contributed by atoms with E-state index in [0.29, 0.717) is 24.2 Å².